The van der Waals surface area contributed by atoms with Crippen molar-refractivity contribution in [2.75, 3.05) is 33.2 Å². The van der Waals surface area contributed by atoms with E-state index in [1.807, 2.05) is 13.8 Å². The van der Waals surface area contributed by atoms with Gasteiger partial charge in [-0.05, 0) is 49.8 Å². The van der Waals surface area contributed by atoms with Gasteiger partial charge < -0.3 is 26.2 Å². The summed E-state index contributed by atoms with van der Waals surface area (Å²) in [4.78, 5) is 20.7. The molecule has 0 unspecified atom stereocenters. The largest absolute Gasteiger partial charge is 0.450 e. The van der Waals surface area contributed by atoms with Gasteiger partial charge in [-0.2, -0.15) is 12.6 Å². The molecule has 0 aliphatic heterocycles. The molecule has 0 rings (SSSR count). The van der Waals surface area contributed by atoms with Crippen LogP contribution in [0.15, 0.2) is 0 Å². The fraction of sp³-hybridized carbons (Fsp3) is 0.913. The van der Waals surface area contributed by atoms with Gasteiger partial charge in [0.1, 0.15) is 0 Å². The maximum Gasteiger partial charge on any atom is 0.408 e. The molecule has 0 bridgehead atoms. The minimum atomic E-state index is -0.383. The average molecular weight is 470 g/mol. The Morgan fingerprint density at radius 3 is 1.71 bits per heavy atom. The molecule has 0 heterocycles. The fourth-order valence-corrected chi connectivity index (χ4v) is 1.42. The number of aliphatic hydroxyl groups excluding tert-OH is 1. The van der Waals surface area contributed by atoms with Crippen LogP contribution < -0.4 is 16.4 Å². The van der Waals surface area contributed by atoms with Crippen LogP contribution in [-0.4, -0.2) is 50.3 Å². The van der Waals surface area contributed by atoms with E-state index >= 15 is 0 Å². The van der Waals surface area contributed by atoms with Gasteiger partial charge in [0.25, 0.3) is 0 Å². The summed E-state index contributed by atoms with van der Waals surface area (Å²) in [5.74, 6) is 0.453. The number of hydrogen-bond donors (Lipinski definition) is 5. The van der Waals surface area contributed by atoms with Gasteiger partial charge >= 0.3 is 6.09 Å². The molecule has 0 aromatic carbocycles. The molecule has 0 atom stereocenters. The van der Waals surface area contributed by atoms with E-state index in [1.165, 1.54) is 0 Å². The Labute approximate surface area is 199 Å². The van der Waals surface area contributed by atoms with Gasteiger partial charge in [-0.3, -0.25) is 4.79 Å². The molecule has 0 aromatic rings. The average Bonchev–Trinajstić information content (AvgIpc) is 2.68. The van der Waals surface area contributed by atoms with E-state index < -0.39 is 0 Å². The topological polar surface area (TPSA) is 114 Å². The van der Waals surface area contributed by atoms with Gasteiger partial charge in [0.05, 0.1) is 13.3 Å². The maximum absolute atomic E-state index is 10.4. The smallest absolute Gasteiger partial charge is 0.408 e. The monoisotopic (exact) mass is 469 g/mol. The van der Waals surface area contributed by atoms with E-state index in [2.05, 4.69) is 76.5 Å². The number of aliphatic hydroxyl groups is 1. The number of thiol groups is 1. The molecule has 0 saturated carbocycles. The van der Waals surface area contributed by atoms with Crippen molar-refractivity contribution in [3.05, 3.63) is 0 Å². The summed E-state index contributed by atoms with van der Waals surface area (Å²) < 4.78 is 4.55. The number of hydrogen-bond acceptors (Lipinski definition) is 6. The summed E-state index contributed by atoms with van der Waals surface area (Å²) in [6.45, 7) is 22.0. The second-order valence-corrected chi connectivity index (χ2v) is 8.57. The molecule has 0 spiro atoms. The summed E-state index contributed by atoms with van der Waals surface area (Å²) >= 11 is 3.53. The SMILES string of the molecule is CC.CC(C)(C)CCC(N)=O.CC(C)C(C)(C)CCO.CCOC(=O)NCNC.CS. The molecule has 0 aromatic heterocycles. The molecule has 192 valence electrons. The van der Waals surface area contributed by atoms with E-state index in [9.17, 15) is 9.59 Å². The number of carbonyl (C=O) groups excluding carboxylic acids is 2. The lowest BCUT2D eigenvalue weighted by Gasteiger charge is -2.27. The van der Waals surface area contributed by atoms with E-state index in [-0.39, 0.29) is 17.4 Å². The first-order valence-electron chi connectivity index (χ1n) is 11.1. The lowest BCUT2D eigenvalue weighted by atomic mass is 9.79. The van der Waals surface area contributed by atoms with E-state index in [0.29, 0.717) is 37.6 Å². The molecular weight excluding hydrogens is 414 g/mol. The fourth-order valence-electron chi connectivity index (χ4n) is 1.42. The van der Waals surface area contributed by atoms with Gasteiger partial charge in [0.15, 0.2) is 0 Å². The summed E-state index contributed by atoms with van der Waals surface area (Å²) in [6.07, 6.45) is 3.60. The summed E-state index contributed by atoms with van der Waals surface area (Å²) in [6, 6.07) is 0. The molecule has 0 fully saturated rings. The van der Waals surface area contributed by atoms with Gasteiger partial charge in [-0.25, -0.2) is 4.79 Å². The number of primary amides is 1. The van der Waals surface area contributed by atoms with Crippen LogP contribution in [0.1, 0.15) is 88.5 Å². The number of alkyl carbamates (subject to hydrolysis) is 1. The summed E-state index contributed by atoms with van der Waals surface area (Å²) in [5, 5.41) is 13.9. The Morgan fingerprint density at radius 1 is 1.06 bits per heavy atom. The van der Waals surface area contributed by atoms with Crippen molar-refractivity contribution >= 4 is 24.6 Å². The van der Waals surface area contributed by atoms with Crippen LogP contribution in [0.2, 0.25) is 0 Å². The zero-order chi connectivity index (χ0) is 26.1. The first-order valence-corrected chi connectivity index (χ1v) is 12.0. The van der Waals surface area contributed by atoms with Crippen LogP contribution in [0.4, 0.5) is 4.79 Å². The highest BCUT2D eigenvalue weighted by molar-refractivity contribution is 7.79. The Balaban J connectivity index is -0.000000101. The van der Waals surface area contributed by atoms with Crippen molar-refractivity contribution < 1.29 is 19.4 Å². The number of carbonyl (C=O) groups is 2. The van der Waals surface area contributed by atoms with Gasteiger partial charge in [-0.1, -0.05) is 62.3 Å². The lowest BCUT2D eigenvalue weighted by Crippen LogP contribution is -2.32. The number of nitrogens with two attached hydrogens (primary N) is 1. The highest BCUT2D eigenvalue weighted by Gasteiger charge is 2.20. The Hall–Kier alpha value is -0.990. The summed E-state index contributed by atoms with van der Waals surface area (Å²) in [7, 11) is 1.74. The number of amides is 2. The quantitative estimate of drug-likeness (QED) is 0.258. The van der Waals surface area contributed by atoms with Crippen LogP contribution in [0.5, 0.6) is 0 Å². The van der Waals surface area contributed by atoms with Gasteiger partial charge in [-0.15, -0.1) is 0 Å². The second kappa shape index (κ2) is 27.0. The van der Waals surface area contributed by atoms with Crippen molar-refractivity contribution in [3.8, 4) is 0 Å². The van der Waals surface area contributed by atoms with Gasteiger partial charge in [0, 0.05) is 13.0 Å². The number of nitrogens with one attached hydrogen (secondary N) is 2. The maximum atomic E-state index is 10.4. The third kappa shape index (κ3) is 43.7. The molecule has 0 saturated heterocycles. The van der Waals surface area contributed by atoms with E-state index in [1.54, 1.807) is 20.2 Å². The first kappa shape index (κ1) is 40.4. The molecule has 2 amide bonds. The molecule has 7 nitrogen and oxygen atoms in total. The van der Waals surface area contributed by atoms with Crippen molar-refractivity contribution in [2.24, 2.45) is 22.5 Å². The zero-order valence-corrected chi connectivity index (χ0v) is 23.4. The van der Waals surface area contributed by atoms with Crippen LogP contribution in [0, 0.1) is 16.7 Å². The molecule has 0 aliphatic rings. The van der Waals surface area contributed by atoms with Crippen molar-refractivity contribution in [2.45, 2.75) is 88.5 Å². The Kier molecular flexibility index (Phi) is 35.2. The zero-order valence-electron chi connectivity index (χ0n) is 22.5. The third-order valence-corrected chi connectivity index (χ3v) is 4.13. The molecular formula is C23H55N3O4S. The molecule has 8 heteroatoms. The standard InChI is InChI=1S/C8H18O.C7H15NO.C5H12N2O2.C2H6.CH4S/c1-7(2)8(3,4)5-6-9;1-7(2,3)5-4-6(8)9;1-3-9-5(8)7-4-6-2;2*1-2/h7,9H,5-6H2,1-4H3;4-5H2,1-3H3,(H2,8,9);6H,3-4H2,1-2H3,(H,7,8);1-2H3;2H,1H3. The second-order valence-electron chi connectivity index (χ2n) is 8.57. The van der Waals surface area contributed by atoms with Gasteiger partial charge in [0.2, 0.25) is 5.91 Å². The van der Waals surface area contributed by atoms with Crippen LogP contribution in [0.3, 0.4) is 0 Å². The van der Waals surface area contributed by atoms with Crippen LogP contribution in [0.25, 0.3) is 0 Å². The Bertz CT molecular complexity index is 386. The van der Waals surface area contributed by atoms with E-state index in [4.69, 9.17) is 10.8 Å². The number of ether oxygens (including phenoxy) is 1. The van der Waals surface area contributed by atoms with Crippen LogP contribution >= 0.6 is 12.6 Å². The molecule has 31 heavy (non-hydrogen) atoms. The summed E-state index contributed by atoms with van der Waals surface area (Å²) in [5.41, 5.74) is 5.49. The highest BCUT2D eigenvalue weighted by Crippen LogP contribution is 2.29. The third-order valence-electron chi connectivity index (χ3n) is 4.13. The minimum Gasteiger partial charge on any atom is -0.450 e. The molecule has 0 aliphatic carbocycles. The van der Waals surface area contributed by atoms with Crippen LogP contribution in [-0.2, 0) is 9.53 Å². The van der Waals surface area contributed by atoms with Crippen molar-refractivity contribution in [1.29, 1.82) is 0 Å². The van der Waals surface area contributed by atoms with E-state index in [0.717, 1.165) is 12.8 Å². The molecule has 0 radical (unpaired) electrons. The predicted molar refractivity (Wildman–Crippen MR) is 139 cm³/mol. The minimum absolute atomic E-state index is 0.204. The Morgan fingerprint density at radius 2 is 1.52 bits per heavy atom. The first-order chi connectivity index (χ1) is 14.2. The predicted octanol–water partition coefficient (Wildman–Crippen LogP) is 4.83. The van der Waals surface area contributed by atoms with Crippen molar-refractivity contribution in [3.63, 3.8) is 0 Å². The number of rotatable bonds is 8. The lowest BCUT2D eigenvalue weighted by molar-refractivity contribution is -0.118. The van der Waals surface area contributed by atoms with Crippen molar-refractivity contribution in [1.82, 2.24) is 10.6 Å². The molecule has 5 N–H and O–H groups in total. The normalized spacial score (nSPS) is 9.90. The highest BCUT2D eigenvalue weighted by atomic mass is 32.1.